The fourth-order valence-corrected chi connectivity index (χ4v) is 0. The summed E-state index contributed by atoms with van der Waals surface area (Å²) >= 11 is 0. The Morgan fingerprint density at radius 2 is 1.33 bits per heavy atom. The summed E-state index contributed by atoms with van der Waals surface area (Å²) in [4.78, 5) is 0. The summed E-state index contributed by atoms with van der Waals surface area (Å²) in [6.45, 7) is 0. The minimum absolute atomic E-state index is 0. The number of sulfone groups is 1. The minimum Gasteiger partial charge on any atom is -0.254 e. The second-order valence-electron chi connectivity index (χ2n) is 1.06. The third-order valence-electron chi connectivity index (χ3n) is 0.353. The van der Waals surface area contributed by atoms with Gasteiger partial charge in [-0.25, -0.2) is 6.26 Å². The molecule has 0 aliphatic carbocycles. The van der Waals surface area contributed by atoms with Crippen molar-refractivity contribution in [3.8, 4) is 0 Å². The van der Waals surface area contributed by atoms with Gasteiger partial charge in [0.05, 0.1) is 0 Å². The molecule has 0 heterocycles. The van der Waals surface area contributed by atoms with E-state index in [2.05, 4.69) is 0 Å². The van der Waals surface area contributed by atoms with E-state index in [1.165, 1.54) is 0 Å². The molecule has 0 radical (unpaired) electrons. The molecule has 0 bridgehead atoms. The molecule has 0 aliphatic rings. The van der Waals surface area contributed by atoms with Crippen LogP contribution < -0.4 is 68.9 Å². The van der Waals surface area contributed by atoms with Gasteiger partial charge in [-0.1, -0.05) is 0 Å². The predicted octanol–water partition coefficient (Wildman–Crippen LogP) is -2.28. The van der Waals surface area contributed by atoms with Gasteiger partial charge in [-0.15, -0.1) is 0 Å². The van der Waals surface area contributed by atoms with Crippen molar-refractivity contribution < 1.29 is 90.5 Å². The zero-order chi connectivity index (χ0) is 7.00. The maximum Gasteiger partial charge on any atom is 1.00 e. The zero-order valence-corrected chi connectivity index (χ0v) is 11.7. The summed E-state index contributed by atoms with van der Waals surface area (Å²) in [5.41, 5.74) is -5.20. The van der Waals surface area contributed by atoms with E-state index in [0.29, 0.717) is 0 Å². The van der Waals surface area contributed by atoms with E-state index in [9.17, 15) is 21.6 Å². The van der Waals surface area contributed by atoms with Crippen LogP contribution in [0, 0.1) is 6.26 Å². The second-order valence-corrected chi connectivity index (χ2v) is 2.75. The maximum absolute atomic E-state index is 10.9. The molecule has 0 aromatic carbocycles. The van der Waals surface area contributed by atoms with Gasteiger partial charge >= 0.3 is 74.4 Å². The first kappa shape index (κ1) is 13.4. The molecule has 0 aromatic heterocycles. The molecular formula is C2H2CsF3O2S. The van der Waals surface area contributed by atoms with Gasteiger partial charge in [0, 0.05) is 0 Å². The molecule has 0 unspecified atom stereocenters. The van der Waals surface area contributed by atoms with E-state index in [1.807, 2.05) is 6.26 Å². The zero-order valence-electron chi connectivity index (χ0n) is 4.57. The summed E-state index contributed by atoms with van der Waals surface area (Å²) in [6, 6.07) is 0. The number of halogens is 3. The first-order valence-corrected chi connectivity index (χ1v) is 3.05. The van der Waals surface area contributed by atoms with E-state index in [0.717, 1.165) is 0 Å². The molecule has 7 heteroatoms. The summed E-state index contributed by atoms with van der Waals surface area (Å²) in [5.74, 6) is 0. The van der Waals surface area contributed by atoms with Gasteiger partial charge in [-0.3, -0.25) is 8.42 Å². The first-order valence-electron chi connectivity index (χ1n) is 1.39. The van der Waals surface area contributed by atoms with E-state index in [4.69, 9.17) is 0 Å². The van der Waals surface area contributed by atoms with Crippen LogP contribution in [-0.2, 0) is 9.84 Å². The van der Waals surface area contributed by atoms with Crippen LogP contribution in [0.15, 0.2) is 0 Å². The molecular weight excluding hydrogens is 278 g/mol. The molecule has 0 saturated heterocycles. The molecule has 0 saturated carbocycles. The molecule has 0 aromatic rings. The summed E-state index contributed by atoms with van der Waals surface area (Å²) < 4.78 is 51.6. The van der Waals surface area contributed by atoms with Crippen LogP contribution in [0.3, 0.4) is 0 Å². The van der Waals surface area contributed by atoms with E-state index in [-0.39, 0.29) is 68.9 Å². The fraction of sp³-hybridized carbons (Fsp3) is 0.500. The van der Waals surface area contributed by atoms with E-state index in [1.54, 1.807) is 0 Å². The van der Waals surface area contributed by atoms with Gasteiger partial charge in [0.25, 0.3) is 0 Å². The van der Waals surface area contributed by atoms with Crippen molar-refractivity contribution >= 4 is 9.84 Å². The Morgan fingerprint density at radius 1 is 1.22 bits per heavy atom. The second kappa shape index (κ2) is 3.98. The van der Waals surface area contributed by atoms with Crippen molar-refractivity contribution in [1.82, 2.24) is 0 Å². The molecule has 0 fully saturated rings. The Balaban J connectivity index is 0. The molecule has 0 atom stereocenters. The van der Waals surface area contributed by atoms with Gasteiger partial charge in [0.15, 0.2) is 0 Å². The third kappa shape index (κ3) is 5.10. The van der Waals surface area contributed by atoms with Gasteiger partial charge in [0.1, 0.15) is 9.84 Å². The molecule has 9 heavy (non-hydrogen) atoms. The van der Waals surface area contributed by atoms with Gasteiger partial charge in [-0.05, 0) is 0 Å². The number of rotatable bonds is 0. The monoisotopic (exact) mass is 280 g/mol. The van der Waals surface area contributed by atoms with Gasteiger partial charge < -0.3 is 0 Å². The van der Waals surface area contributed by atoms with Crippen molar-refractivity contribution in [2.45, 2.75) is 5.51 Å². The van der Waals surface area contributed by atoms with Crippen LogP contribution in [0.4, 0.5) is 13.2 Å². The molecule has 0 aliphatic heterocycles. The maximum atomic E-state index is 10.9. The smallest absolute Gasteiger partial charge is 0.254 e. The average molecular weight is 280 g/mol. The Bertz CT molecular complexity index is 169. The molecule has 0 spiro atoms. The molecule has 0 amide bonds. The SMILES string of the molecule is [CH2-]S(=O)(=O)C(F)(F)F.[Cs+]. The van der Waals surface area contributed by atoms with Crippen LogP contribution in [-0.4, -0.2) is 13.9 Å². The Labute approximate surface area is 110 Å². The van der Waals surface area contributed by atoms with Crippen molar-refractivity contribution in [3.63, 3.8) is 0 Å². The molecule has 0 rings (SSSR count). The topological polar surface area (TPSA) is 34.1 Å². The minimum atomic E-state index is -5.20. The van der Waals surface area contributed by atoms with Crippen molar-refractivity contribution in [2.75, 3.05) is 0 Å². The standard InChI is InChI=1S/C2H2F3O2S.Cs/c1-8(6,7)2(3,4)5;/h1H2;/q-1;+1. The van der Waals surface area contributed by atoms with E-state index >= 15 is 0 Å². The van der Waals surface area contributed by atoms with Crippen LogP contribution in [0.2, 0.25) is 0 Å². The van der Waals surface area contributed by atoms with Crippen LogP contribution in [0.1, 0.15) is 0 Å². The third-order valence-corrected chi connectivity index (χ3v) is 1.06. The number of hydrogen-bond donors (Lipinski definition) is 0. The Morgan fingerprint density at radius 3 is 1.33 bits per heavy atom. The van der Waals surface area contributed by atoms with Crippen molar-refractivity contribution in [3.05, 3.63) is 6.26 Å². The van der Waals surface area contributed by atoms with Gasteiger partial charge in [-0.2, -0.15) is 13.2 Å². The Hall–Kier alpha value is 1.79. The molecule has 0 N–H and O–H groups in total. The van der Waals surface area contributed by atoms with Crippen LogP contribution in [0.25, 0.3) is 0 Å². The average Bonchev–Trinajstić information content (AvgIpc) is 1.25. The fourth-order valence-electron chi connectivity index (χ4n) is 0. The molecule has 50 valence electrons. The van der Waals surface area contributed by atoms with Crippen molar-refractivity contribution in [1.29, 1.82) is 0 Å². The number of hydrogen-bond acceptors (Lipinski definition) is 2. The summed E-state index contributed by atoms with van der Waals surface area (Å²) in [7, 11) is -5.09. The van der Waals surface area contributed by atoms with E-state index < -0.39 is 15.3 Å². The predicted molar refractivity (Wildman–Crippen MR) is 20.3 cm³/mol. The largest absolute Gasteiger partial charge is 1.00 e. The summed E-state index contributed by atoms with van der Waals surface area (Å²) in [5, 5.41) is 0. The van der Waals surface area contributed by atoms with Crippen molar-refractivity contribution in [2.24, 2.45) is 0 Å². The quantitative estimate of drug-likeness (QED) is 0.468. The summed E-state index contributed by atoms with van der Waals surface area (Å²) in [6.07, 6.45) is 1.89. The Kier molecular flexibility index (Phi) is 5.92. The number of alkyl halides is 3. The first-order chi connectivity index (χ1) is 3.25. The normalized spacial score (nSPS) is 12.4. The molecule has 2 nitrogen and oxygen atoms in total. The van der Waals surface area contributed by atoms with Crippen LogP contribution in [0.5, 0.6) is 0 Å². The van der Waals surface area contributed by atoms with Gasteiger partial charge in [0.2, 0.25) is 0 Å². The van der Waals surface area contributed by atoms with Crippen LogP contribution >= 0.6 is 0 Å².